The molecule has 0 aliphatic carbocycles. The number of hydrogen-bond acceptors (Lipinski definition) is 7. The lowest BCUT2D eigenvalue weighted by Gasteiger charge is -2.23. The van der Waals surface area contributed by atoms with Gasteiger partial charge in [-0.25, -0.2) is 4.98 Å². The van der Waals surface area contributed by atoms with Gasteiger partial charge in [0.2, 0.25) is 0 Å². The fourth-order valence-corrected chi connectivity index (χ4v) is 5.63. The summed E-state index contributed by atoms with van der Waals surface area (Å²) < 4.78 is 12.0. The first-order valence-electron chi connectivity index (χ1n) is 12.6. The molecule has 2 heterocycles. The van der Waals surface area contributed by atoms with Crippen molar-refractivity contribution >= 4 is 44.1 Å². The summed E-state index contributed by atoms with van der Waals surface area (Å²) in [6.45, 7) is 6.89. The second kappa shape index (κ2) is 10.7. The molecule has 7 nitrogen and oxygen atoms in total. The van der Waals surface area contributed by atoms with Gasteiger partial charge in [-0.3, -0.25) is 14.5 Å². The van der Waals surface area contributed by atoms with E-state index in [1.54, 1.807) is 36.4 Å². The van der Waals surface area contributed by atoms with Gasteiger partial charge in [0.25, 0.3) is 5.78 Å². The van der Waals surface area contributed by atoms with Gasteiger partial charge < -0.3 is 14.6 Å². The Bertz CT molecular complexity index is 1520. The first-order chi connectivity index (χ1) is 18.4. The molecule has 0 spiro atoms. The maximum absolute atomic E-state index is 13.5. The van der Waals surface area contributed by atoms with Crippen molar-refractivity contribution in [1.29, 1.82) is 0 Å². The van der Waals surface area contributed by atoms with E-state index in [0.717, 1.165) is 22.2 Å². The van der Waals surface area contributed by atoms with Gasteiger partial charge in [-0.2, -0.15) is 0 Å². The SMILES string of the molecule is CCOc1ccc(C(O)=C2C(=O)C(=O)N(c3nc4ccc(CC)cc4s3)C2c2ccc(OCC)cc2)cc1. The van der Waals surface area contributed by atoms with E-state index < -0.39 is 17.7 Å². The molecular formula is C30H28N2O5S. The van der Waals surface area contributed by atoms with Gasteiger partial charge in [0.15, 0.2) is 5.13 Å². The van der Waals surface area contributed by atoms with Gasteiger partial charge in [0, 0.05) is 5.56 Å². The molecule has 5 rings (SSSR count). The number of carbonyl (C=O) groups is 2. The average Bonchev–Trinajstić information content (AvgIpc) is 3.47. The Morgan fingerprint density at radius 1 is 0.921 bits per heavy atom. The number of hydrogen-bond donors (Lipinski definition) is 1. The third-order valence-electron chi connectivity index (χ3n) is 6.45. The van der Waals surface area contributed by atoms with Crippen LogP contribution in [0, 0.1) is 0 Å². The van der Waals surface area contributed by atoms with E-state index >= 15 is 0 Å². The first kappa shape index (κ1) is 25.5. The predicted molar refractivity (Wildman–Crippen MR) is 149 cm³/mol. The van der Waals surface area contributed by atoms with Crippen LogP contribution in [0.5, 0.6) is 11.5 Å². The number of aromatic nitrogens is 1. The number of amides is 1. The number of rotatable bonds is 8. The van der Waals surface area contributed by atoms with Crippen LogP contribution in [0.3, 0.4) is 0 Å². The number of thiazole rings is 1. The Kier molecular flexibility index (Phi) is 7.15. The number of ether oxygens (including phenoxy) is 2. The lowest BCUT2D eigenvalue weighted by atomic mass is 9.95. The maximum Gasteiger partial charge on any atom is 0.301 e. The molecule has 8 heteroatoms. The third kappa shape index (κ3) is 4.63. The molecule has 194 valence electrons. The summed E-state index contributed by atoms with van der Waals surface area (Å²) in [5.41, 5.74) is 3.00. The number of aryl methyl sites for hydroxylation is 1. The summed E-state index contributed by atoms with van der Waals surface area (Å²) >= 11 is 1.35. The molecule has 1 aliphatic rings. The summed E-state index contributed by atoms with van der Waals surface area (Å²) in [4.78, 5) is 33.1. The lowest BCUT2D eigenvalue weighted by Crippen LogP contribution is -2.29. The maximum atomic E-state index is 13.5. The molecule has 1 fully saturated rings. The van der Waals surface area contributed by atoms with Crippen LogP contribution in [0.4, 0.5) is 5.13 Å². The largest absolute Gasteiger partial charge is 0.507 e. The van der Waals surface area contributed by atoms with Gasteiger partial charge in [0.05, 0.1) is 35.0 Å². The van der Waals surface area contributed by atoms with E-state index in [9.17, 15) is 14.7 Å². The summed E-state index contributed by atoms with van der Waals surface area (Å²) in [6, 6.07) is 19.1. The highest BCUT2D eigenvalue weighted by Crippen LogP contribution is 2.44. The third-order valence-corrected chi connectivity index (χ3v) is 7.46. The normalized spacial score (nSPS) is 16.8. The molecule has 1 aromatic heterocycles. The van der Waals surface area contributed by atoms with Crippen LogP contribution >= 0.6 is 11.3 Å². The molecule has 0 saturated carbocycles. The highest BCUT2D eigenvalue weighted by Gasteiger charge is 2.48. The van der Waals surface area contributed by atoms with Gasteiger partial charge in [-0.15, -0.1) is 0 Å². The molecule has 0 bridgehead atoms. The van der Waals surface area contributed by atoms with Crippen molar-refractivity contribution in [3.8, 4) is 11.5 Å². The molecule has 1 aliphatic heterocycles. The monoisotopic (exact) mass is 528 g/mol. The molecule has 38 heavy (non-hydrogen) atoms. The van der Waals surface area contributed by atoms with E-state index in [1.165, 1.54) is 16.2 Å². The summed E-state index contributed by atoms with van der Waals surface area (Å²) in [5, 5.41) is 11.8. The second-order valence-electron chi connectivity index (χ2n) is 8.78. The zero-order valence-corrected chi connectivity index (χ0v) is 22.2. The van der Waals surface area contributed by atoms with Crippen LogP contribution in [0.2, 0.25) is 0 Å². The molecule has 1 N–H and O–H groups in total. The van der Waals surface area contributed by atoms with Crippen molar-refractivity contribution in [3.63, 3.8) is 0 Å². The van der Waals surface area contributed by atoms with E-state index in [1.807, 2.05) is 38.1 Å². The molecule has 0 radical (unpaired) electrons. The Morgan fingerprint density at radius 3 is 2.16 bits per heavy atom. The predicted octanol–water partition coefficient (Wildman–Crippen LogP) is 6.28. The molecule has 1 unspecified atom stereocenters. The van der Waals surface area contributed by atoms with Crippen LogP contribution in [-0.2, 0) is 16.0 Å². The number of carbonyl (C=O) groups excluding carboxylic acids is 2. The van der Waals surface area contributed by atoms with Crippen molar-refractivity contribution in [1.82, 2.24) is 4.98 Å². The van der Waals surface area contributed by atoms with Crippen LogP contribution in [0.1, 0.15) is 43.5 Å². The summed E-state index contributed by atoms with van der Waals surface area (Å²) in [6.07, 6.45) is 0.877. The minimum absolute atomic E-state index is 0.0109. The fraction of sp³-hybridized carbons (Fsp3) is 0.233. The zero-order chi connectivity index (χ0) is 26.8. The average molecular weight is 529 g/mol. The van der Waals surface area contributed by atoms with Crippen molar-refractivity contribution in [2.45, 2.75) is 33.2 Å². The Labute approximate surface area is 225 Å². The molecule has 3 aromatic carbocycles. The van der Waals surface area contributed by atoms with E-state index in [0.29, 0.717) is 41.0 Å². The highest BCUT2D eigenvalue weighted by molar-refractivity contribution is 7.22. The number of aliphatic hydroxyl groups excluding tert-OH is 1. The van der Waals surface area contributed by atoms with Crippen LogP contribution in [0.25, 0.3) is 16.0 Å². The smallest absolute Gasteiger partial charge is 0.301 e. The number of nitrogens with zero attached hydrogens (tertiary/aromatic N) is 2. The van der Waals surface area contributed by atoms with Crippen LogP contribution < -0.4 is 14.4 Å². The lowest BCUT2D eigenvalue weighted by molar-refractivity contribution is -0.132. The van der Waals surface area contributed by atoms with Crippen LogP contribution in [-0.4, -0.2) is 35.0 Å². The number of ketones is 1. The van der Waals surface area contributed by atoms with Gasteiger partial charge in [0.1, 0.15) is 17.3 Å². The highest BCUT2D eigenvalue weighted by atomic mass is 32.1. The standard InChI is InChI=1S/C30H28N2O5S/c1-4-18-7-16-23-24(17-18)38-30(31-23)32-26(19-8-12-21(13-9-19)36-5-2)25(28(34)29(32)35)27(33)20-10-14-22(15-11-20)37-6-3/h7-17,26,33H,4-6H2,1-3H3. The molecule has 4 aromatic rings. The van der Waals surface area contributed by atoms with Gasteiger partial charge >= 0.3 is 5.91 Å². The van der Waals surface area contributed by atoms with Crippen molar-refractivity contribution in [3.05, 3.63) is 89.0 Å². The molecule has 1 amide bonds. The number of Topliss-reactive ketones (excluding diaryl/α,β-unsaturated/α-hetero) is 1. The van der Waals surface area contributed by atoms with Crippen molar-refractivity contribution in [2.75, 3.05) is 18.1 Å². The number of anilines is 1. The number of fused-ring (bicyclic) bond motifs is 1. The number of benzene rings is 3. The Balaban J connectivity index is 1.66. The van der Waals surface area contributed by atoms with Crippen molar-refractivity contribution in [2.24, 2.45) is 0 Å². The minimum Gasteiger partial charge on any atom is -0.507 e. The molecule has 1 saturated heterocycles. The van der Waals surface area contributed by atoms with Crippen LogP contribution in [0.15, 0.2) is 72.3 Å². The second-order valence-corrected chi connectivity index (χ2v) is 9.79. The van der Waals surface area contributed by atoms with E-state index in [-0.39, 0.29) is 11.3 Å². The fourth-order valence-electron chi connectivity index (χ4n) is 4.57. The topological polar surface area (TPSA) is 89.0 Å². The van der Waals surface area contributed by atoms with Gasteiger partial charge in [-0.05, 0) is 79.9 Å². The Hall–Kier alpha value is -4.17. The van der Waals surface area contributed by atoms with E-state index in [2.05, 4.69) is 13.0 Å². The number of aliphatic hydroxyl groups is 1. The van der Waals surface area contributed by atoms with Crippen molar-refractivity contribution < 1.29 is 24.2 Å². The summed E-state index contributed by atoms with van der Waals surface area (Å²) in [7, 11) is 0. The zero-order valence-electron chi connectivity index (χ0n) is 21.4. The van der Waals surface area contributed by atoms with Gasteiger partial charge in [-0.1, -0.05) is 36.5 Å². The molecular weight excluding hydrogens is 500 g/mol. The Morgan fingerprint density at radius 2 is 1.55 bits per heavy atom. The van der Waals surface area contributed by atoms with E-state index in [4.69, 9.17) is 14.5 Å². The summed E-state index contributed by atoms with van der Waals surface area (Å²) in [5.74, 6) is -0.419. The first-order valence-corrected chi connectivity index (χ1v) is 13.4. The molecule has 1 atom stereocenters. The quantitative estimate of drug-likeness (QED) is 0.164. The minimum atomic E-state index is -0.858.